The van der Waals surface area contributed by atoms with Crippen molar-refractivity contribution < 1.29 is 13.2 Å². The highest BCUT2D eigenvalue weighted by Crippen LogP contribution is 2.19. The molecule has 0 fully saturated rings. The molecule has 0 amide bonds. The number of carbonyl (C=O) groups is 1. The molecule has 1 rings (SSSR count). The van der Waals surface area contributed by atoms with Gasteiger partial charge in [-0.2, -0.15) is 0 Å². The number of ketones is 1. The highest BCUT2D eigenvalue weighted by Gasteiger charge is 2.24. The number of sulfone groups is 1. The van der Waals surface area contributed by atoms with Crippen LogP contribution >= 0.6 is 0 Å². The van der Waals surface area contributed by atoms with Gasteiger partial charge in [0.25, 0.3) is 0 Å². The van der Waals surface area contributed by atoms with E-state index in [4.69, 9.17) is 0 Å². The van der Waals surface area contributed by atoms with Gasteiger partial charge in [-0.25, -0.2) is 8.42 Å². The average molecular weight is 268 g/mol. The molecule has 0 heterocycles. The zero-order valence-corrected chi connectivity index (χ0v) is 12.1. The molecule has 2 atom stereocenters. The first-order chi connectivity index (χ1) is 8.27. The molecule has 0 radical (unpaired) electrons. The summed E-state index contributed by atoms with van der Waals surface area (Å²) in [5.74, 6) is 0.106. The Bertz CT molecular complexity index is 514. The lowest BCUT2D eigenvalue weighted by Gasteiger charge is -2.11. The summed E-state index contributed by atoms with van der Waals surface area (Å²) in [7, 11) is -3.33. The molecule has 1 aromatic carbocycles. The Labute approximate surface area is 109 Å². The number of Topliss-reactive ketones (excluding diaryl/α,β-unsaturated/α-hetero) is 1. The van der Waals surface area contributed by atoms with Gasteiger partial charge in [-0.15, -0.1) is 0 Å². The fourth-order valence-corrected chi connectivity index (χ4v) is 2.17. The molecule has 2 unspecified atom stereocenters. The predicted molar refractivity (Wildman–Crippen MR) is 73.8 cm³/mol. The molecule has 4 heteroatoms. The summed E-state index contributed by atoms with van der Waals surface area (Å²) in [6.07, 6.45) is 2.12. The van der Waals surface area contributed by atoms with E-state index in [2.05, 4.69) is 13.8 Å². The molecule has 0 bridgehead atoms. The lowest BCUT2D eigenvalue weighted by Crippen LogP contribution is -2.26. The number of benzene rings is 1. The maximum atomic E-state index is 12.0. The van der Waals surface area contributed by atoms with Gasteiger partial charge in [0.1, 0.15) is 5.25 Å². The quantitative estimate of drug-likeness (QED) is 0.772. The zero-order valence-electron chi connectivity index (χ0n) is 11.3. The minimum Gasteiger partial charge on any atom is -0.293 e. The molecule has 0 aromatic heterocycles. The molecule has 0 spiro atoms. The van der Waals surface area contributed by atoms with E-state index in [-0.39, 0.29) is 5.78 Å². The van der Waals surface area contributed by atoms with Crippen molar-refractivity contribution >= 4 is 15.6 Å². The van der Waals surface area contributed by atoms with Crippen molar-refractivity contribution in [3.63, 3.8) is 0 Å². The second-order valence-electron chi connectivity index (χ2n) is 4.77. The van der Waals surface area contributed by atoms with Gasteiger partial charge in [0, 0.05) is 11.8 Å². The fourth-order valence-electron chi connectivity index (χ4n) is 1.64. The van der Waals surface area contributed by atoms with E-state index in [1.807, 2.05) is 12.1 Å². The molecule has 100 valence electrons. The van der Waals surface area contributed by atoms with Gasteiger partial charge in [0.15, 0.2) is 15.6 Å². The summed E-state index contributed by atoms with van der Waals surface area (Å²) in [4.78, 5) is 12.0. The van der Waals surface area contributed by atoms with Crippen molar-refractivity contribution in [1.29, 1.82) is 0 Å². The summed E-state index contributed by atoms with van der Waals surface area (Å²) in [6.45, 7) is 5.66. The Morgan fingerprint density at radius 1 is 1.17 bits per heavy atom. The monoisotopic (exact) mass is 268 g/mol. The van der Waals surface area contributed by atoms with Crippen LogP contribution in [-0.2, 0) is 9.84 Å². The minimum absolute atomic E-state index is 0.340. The van der Waals surface area contributed by atoms with Gasteiger partial charge in [-0.1, -0.05) is 38.1 Å². The molecule has 18 heavy (non-hydrogen) atoms. The molecular formula is C14H20O3S. The smallest absolute Gasteiger partial charge is 0.180 e. The summed E-state index contributed by atoms with van der Waals surface area (Å²) in [6, 6.07) is 7.23. The van der Waals surface area contributed by atoms with Crippen molar-refractivity contribution in [2.24, 2.45) is 0 Å². The summed E-state index contributed by atoms with van der Waals surface area (Å²) >= 11 is 0. The highest BCUT2D eigenvalue weighted by molar-refractivity contribution is 7.92. The largest absolute Gasteiger partial charge is 0.293 e. The third kappa shape index (κ3) is 3.42. The van der Waals surface area contributed by atoms with Crippen LogP contribution in [0.25, 0.3) is 0 Å². The zero-order chi connectivity index (χ0) is 13.9. The van der Waals surface area contributed by atoms with Crippen LogP contribution in [0, 0.1) is 0 Å². The van der Waals surface area contributed by atoms with Gasteiger partial charge in [0.05, 0.1) is 0 Å². The number of hydrogen-bond acceptors (Lipinski definition) is 3. The molecule has 0 saturated carbocycles. The highest BCUT2D eigenvalue weighted by atomic mass is 32.2. The van der Waals surface area contributed by atoms with Crippen LogP contribution in [-0.4, -0.2) is 25.7 Å². The van der Waals surface area contributed by atoms with Crippen molar-refractivity contribution in [2.45, 2.75) is 38.4 Å². The van der Waals surface area contributed by atoms with Gasteiger partial charge >= 0.3 is 0 Å². The molecule has 0 aliphatic rings. The maximum Gasteiger partial charge on any atom is 0.180 e. The van der Waals surface area contributed by atoms with Crippen LogP contribution in [0.5, 0.6) is 0 Å². The normalized spacial score (nSPS) is 15.1. The third-order valence-corrected chi connectivity index (χ3v) is 4.89. The van der Waals surface area contributed by atoms with Gasteiger partial charge in [-0.05, 0) is 24.8 Å². The molecule has 0 aliphatic carbocycles. The van der Waals surface area contributed by atoms with Crippen LogP contribution in [0.15, 0.2) is 24.3 Å². The fraction of sp³-hybridized carbons (Fsp3) is 0.500. The van der Waals surface area contributed by atoms with E-state index in [1.54, 1.807) is 12.1 Å². The third-order valence-electron chi connectivity index (χ3n) is 3.39. The molecule has 0 aliphatic heterocycles. The van der Waals surface area contributed by atoms with Crippen LogP contribution in [0.2, 0.25) is 0 Å². The van der Waals surface area contributed by atoms with Crippen molar-refractivity contribution in [2.75, 3.05) is 6.26 Å². The summed E-state index contributed by atoms with van der Waals surface area (Å²) in [5, 5.41) is -0.980. The van der Waals surface area contributed by atoms with E-state index < -0.39 is 15.1 Å². The first-order valence-electron chi connectivity index (χ1n) is 6.10. The average Bonchev–Trinajstić information content (AvgIpc) is 2.35. The van der Waals surface area contributed by atoms with Crippen molar-refractivity contribution in [3.05, 3.63) is 35.4 Å². The number of carbonyl (C=O) groups excluding carboxylic acids is 1. The number of hydrogen-bond donors (Lipinski definition) is 0. The van der Waals surface area contributed by atoms with Crippen molar-refractivity contribution in [3.8, 4) is 0 Å². The van der Waals surface area contributed by atoms with E-state index in [0.29, 0.717) is 11.5 Å². The predicted octanol–water partition coefficient (Wildman–Crippen LogP) is 2.82. The van der Waals surface area contributed by atoms with Gasteiger partial charge < -0.3 is 0 Å². The minimum atomic E-state index is -3.33. The van der Waals surface area contributed by atoms with Gasteiger partial charge in [-0.3, -0.25) is 4.79 Å². The SMILES string of the molecule is CCC(C)c1ccc(C(=O)C(C)S(C)(=O)=O)cc1. The molecule has 0 saturated heterocycles. The Kier molecular flexibility index (Phi) is 4.68. The summed E-state index contributed by atoms with van der Waals surface area (Å²) < 4.78 is 22.7. The van der Waals surface area contributed by atoms with Crippen molar-refractivity contribution in [1.82, 2.24) is 0 Å². The first kappa shape index (κ1) is 14.9. The van der Waals surface area contributed by atoms with E-state index in [0.717, 1.165) is 12.7 Å². The van der Waals surface area contributed by atoms with Gasteiger partial charge in [0.2, 0.25) is 0 Å². The number of rotatable bonds is 5. The van der Waals surface area contributed by atoms with Crippen LogP contribution in [0.4, 0.5) is 0 Å². The van der Waals surface area contributed by atoms with Crippen LogP contribution in [0.1, 0.15) is 49.0 Å². The summed E-state index contributed by atoms with van der Waals surface area (Å²) in [5.41, 5.74) is 1.63. The van der Waals surface area contributed by atoms with Crippen LogP contribution < -0.4 is 0 Å². The standard InChI is InChI=1S/C14H20O3S/c1-5-10(2)12-6-8-13(9-7-12)14(15)11(3)18(4,16)17/h6-11H,5H2,1-4H3. The molecular weight excluding hydrogens is 248 g/mol. The first-order valence-corrected chi connectivity index (χ1v) is 8.05. The Morgan fingerprint density at radius 2 is 1.67 bits per heavy atom. The van der Waals surface area contributed by atoms with E-state index in [9.17, 15) is 13.2 Å². The molecule has 0 N–H and O–H groups in total. The van der Waals surface area contributed by atoms with E-state index in [1.165, 1.54) is 12.5 Å². The lowest BCUT2D eigenvalue weighted by atomic mass is 9.96. The Hall–Kier alpha value is -1.16. The second-order valence-corrected chi connectivity index (χ2v) is 7.13. The molecule has 3 nitrogen and oxygen atoms in total. The topological polar surface area (TPSA) is 51.2 Å². The van der Waals surface area contributed by atoms with E-state index >= 15 is 0 Å². The second kappa shape index (κ2) is 5.65. The Balaban J connectivity index is 2.96. The van der Waals surface area contributed by atoms with Crippen LogP contribution in [0.3, 0.4) is 0 Å². The Morgan fingerprint density at radius 3 is 2.06 bits per heavy atom. The maximum absolute atomic E-state index is 12.0. The molecule has 1 aromatic rings. The lowest BCUT2D eigenvalue weighted by molar-refractivity contribution is 0.0991.